The second kappa shape index (κ2) is 5.25. The summed E-state index contributed by atoms with van der Waals surface area (Å²) < 4.78 is 0. The first-order chi connectivity index (χ1) is 7.69. The summed E-state index contributed by atoms with van der Waals surface area (Å²) in [5, 5.41) is 3.34. The first-order valence-electron chi connectivity index (χ1n) is 6.04. The molecule has 1 aromatic rings. The molecule has 2 atom stereocenters. The summed E-state index contributed by atoms with van der Waals surface area (Å²) in [6.07, 6.45) is 2.55. The van der Waals surface area contributed by atoms with E-state index in [1.807, 2.05) is 0 Å². The van der Waals surface area contributed by atoms with Crippen molar-refractivity contribution in [3.05, 3.63) is 16.1 Å². The minimum Gasteiger partial charge on any atom is -0.330 e. The van der Waals surface area contributed by atoms with Crippen LogP contribution in [-0.4, -0.2) is 29.0 Å². The van der Waals surface area contributed by atoms with Crippen molar-refractivity contribution in [2.24, 2.45) is 11.7 Å². The van der Waals surface area contributed by atoms with Crippen LogP contribution in [0.25, 0.3) is 0 Å². The zero-order valence-electron chi connectivity index (χ0n) is 10.1. The Morgan fingerprint density at radius 2 is 2.38 bits per heavy atom. The van der Waals surface area contributed by atoms with Crippen LogP contribution in [0.4, 0.5) is 0 Å². The average Bonchev–Trinajstić information content (AvgIpc) is 2.67. The van der Waals surface area contributed by atoms with Gasteiger partial charge in [-0.05, 0) is 39.2 Å². The molecule has 2 heterocycles. The fraction of sp³-hybridized carbons (Fsp3) is 0.750. The highest BCUT2D eigenvalue weighted by Crippen LogP contribution is 2.23. The van der Waals surface area contributed by atoms with Crippen LogP contribution < -0.4 is 5.73 Å². The summed E-state index contributed by atoms with van der Waals surface area (Å²) in [6.45, 7) is 7.32. The second-order valence-corrected chi connectivity index (χ2v) is 5.88. The Kier molecular flexibility index (Phi) is 3.95. The molecule has 0 aromatic carbocycles. The average molecular weight is 239 g/mol. The molecule has 0 saturated carbocycles. The van der Waals surface area contributed by atoms with E-state index in [0.717, 1.165) is 24.6 Å². The van der Waals surface area contributed by atoms with Gasteiger partial charge in [-0.2, -0.15) is 0 Å². The van der Waals surface area contributed by atoms with E-state index in [1.165, 1.54) is 18.5 Å². The van der Waals surface area contributed by atoms with E-state index in [2.05, 4.69) is 29.1 Å². The number of aromatic nitrogens is 1. The van der Waals surface area contributed by atoms with Crippen molar-refractivity contribution in [1.29, 1.82) is 0 Å². The van der Waals surface area contributed by atoms with Crippen molar-refractivity contribution in [2.45, 2.75) is 39.3 Å². The molecule has 0 radical (unpaired) electrons. The Balaban J connectivity index is 1.96. The quantitative estimate of drug-likeness (QED) is 0.877. The van der Waals surface area contributed by atoms with Crippen LogP contribution in [0.3, 0.4) is 0 Å². The minimum absolute atomic E-state index is 0.671. The third-order valence-electron chi connectivity index (χ3n) is 3.47. The molecule has 4 heteroatoms. The Hall–Kier alpha value is -0.450. The summed E-state index contributed by atoms with van der Waals surface area (Å²) in [5.41, 5.74) is 6.98. The van der Waals surface area contributed by atoms with Gasteiger partial charge < -0.3 is 5.73 Å². The SMILES string of the molecule is Cc1nc(CN2CC(CN)CCC2C)cs1. The summed E-state index contributed by atoms with van der Waals surface area (Å²) in [6, 6.07) is 0.671. The number of nitrogens with zero attached hydrogens (tertiary/aromatic N) is 2. The Labute approximate surface area is 102 Å². The highest BCUT2D eigenvalue weighted by molar-refractivity contribution is 7.09. The van der Waals surface area contributed by atoms with Gasteiger partial charge in [-0.15, -0.1) is 11.3 Å². The van der Waals surface area contributed by atoms with Gasteiger partial charge in [0.15, 0.2) is 0 Å². The molecule has 2 N–H and O–H groups in total. The van der Waals surface area contributed by atoms with Gasteiger partial charge in [0, 0.05) is 24.5 Å². The van der Waals surface area contributed by atoms with Crippen molar-refractivity contribution in [2.75, 3.05) is 13.1 Å². The van der Waals surface area contributed by atoms with E-state index in [4.69, 9.17) is 5.73 Å². The lowest BCUT2D eigenvalue weighted by molar-refractivity contribution is 0.112. The normalized spacial score (nSPS) is 27.2. The predicted octanol–water partition coefficient (Wildman–Crippen LogP) is 2.01. The van der Waals surface area contributed by atoms with Crippen molar-refractivity contribution in [1.82, 2.24) is 9.88 Å². The van der Waals surface area contributed by atoms with Crippen LogP contribution in [0.5, 0.6) is 0 Å². The molecule has 0 amide bonds. The van der Waals surface area contributed by atoms with E-state index in [9.17, 15) is 0 Å². The number of thiazole rings is 1. The number of hydrogen-bond donors (Lipinski definition) is 1. The third kappa shape index (κ3) is 2.81. The molecule has 3 nitrogen and oxygen atoms in total. The molecule has 90 valence electrons. The molecule has 1 saturated heterocycles. The van der Waals surface area contributed by atoms with Crippen molar-refractivity contribution in [3.8, 4) is 0 Å². The highest BCUT2D eigenvalue weighted by atomic mass is 32.1. The number of aryl methyl sites for hydroxylation is 1. The molecule has 0 aliphatic carbocycles. The molecule has 1 aliphatic rings. The van der Waals surface area contributed by atoms with Gasteiger partial charge in [0.05, 0.1) is 10.7 Å². The summed E-state index contributed by atoms with van der Waals surface area (Å²) in [5.74, 6) is 0.677. The van der Waals surface area contributed by atoms with E-state index < -0.39 is 0 Å². The second-order valence-electron chi connectivity index (χ2n) is 4.82. The van der Waals surface area contributed by atoms with Crippen LogP contribution in [0.15, 0.2) is 5.38 Å². The molecule has 1 aromatic heterocycles. The van der Waals surface area contributed by atoms with E-state index in [0.29, 0.717) is 12.0 Å². The maximum atomic E-state index is 5.77. The lowest BCUT2D eigenvalue weighted by atomic mass is 9.93. The van der Waals surface area contributed by atoms with Crippen LogP contribution in [0, 0.1) is 12.8 Å². The van der Waals surface area contributed by atoms with Gasteiger partial charge in [0.2, 0.25) is 0 Å². The Morgan fingerprint density at radius 1 is 1.56 bits per heavy atom. The Morgan fingerprint density at radius 3 is 3.00 bits per heavy atom. The van der Waals surface area contributed by atoms with Crippen molar-refractivity contribution < 1.29 is 0 Å². The van der Waals surface area contributed by atoms with Gasteiger partial charge >= 0.3 is 0 Å². The monoisotopic (exact) mass is 239 g/mol. The number of rotatable bonds is 3. The maximum absolute atomic E-state index is 5.77. The predicted molar refractivity (Wildman–Crippen MR) is 68.5 cm³/mol. The largest absolute Gasteiger partial charge is 0.330 e. The minimum atomic E-state index is 0.671. The summed E-state index contributed by atoms with van der Waals surface area (Å²) in [7, 11) is 0. The van der Waals surface area contributed by atoms with Gasteiger partial charge in [-0.1, -0.05) is 0 Å². The number of likely N-dealkylation sites (tertiary alicyclic amines) is 1. The molecule has 0 spiro atoms. The molecule has 16 heavy (non-hydrogen) atoms. The van der Waals surface area contributed by atoms with Crippen LogP contribution >= 0.6 is 11.3 Å². The number of piperidine rings is 1. The van der Waals surface area contributed by atoms with Crippen molar-refractivity contribution >= 4 is 11.3 Å². The first-order valence-corrected chi connectivity index (χ1v) is 6.92. The molecule has 2 unspecified atom stereocenters. The molecule has 2 rings (SSSR count). The van der Waals surface area contributed by atoms with E-state index in [-0.39, 0.29) is 0 Å². The molecule has 1 fully saturated rings. The van der Waals surface area contributed by atoms with Crippen LogP contribution in [0.1, 0.15) is 30.5 Å². The molecule has 1 aliphatic heterocycles. The van der Waals surface area contributed by atoms with Crippen LogP contribution in [0.2, 0.25) is 0 Å². The summed E-state index contributed by atoms with van der Waals surface area (Å²) >= 11 is 1.74. The van der Waals surface area contributed by atoms with Gasteiger partial charge in [-0.3, -0.25) is 4.90 Å². The topological polar surface area (TPSA) is 42.2 Å². The van der Waals surface area contributed by atoms with E-state index >= 15 is 0 Å². The van der Waals surface area contributed by atoms with Crippen molar-refractivity contribution in [3.63, 3.8) is 0 Å². The van der Waals surface area contributed by atoms with Gasteiger partial charge in [0.25, 0.3) is 0 Å². The Bertz CT molecular complexity index is 337. The smallest absolute Gasteiger partial charge is 0.0897 e. The fourth-order valence-electron chi connectivity index (χ4n) is 2.36. The number of hydrogen-bond acceptors (Lipinski definition) is 4. The van der Waals surface area contributed by atoms with Gasteiger partial charge in [0.1, 0.15) is 0 Å². The molecular formula is C12H21N3S. The molecule has 0 bridgehead atoms. The lowest BCUT2D eigenvalue weighted by Crippen LogP contribution is -2.43. The van der Waals surface area contributed by atoms with Gasteiger partial charge in [-0.25, -0.2) is 4.98 Å². The van der Waals surface area contributed by atoms with Crippen LogP contribution in [-0.2, 0) is 6.54 Å². The summed E-state index contributed by atoms with van der Waals surface area (Å²) in [4.78, 5) is 7.06. The fourth-order valence-corrected chi connectivity index (χ4v) is 2.97. The number of nitrogens with two attached hydrogens (primary N) is 1. The lowest BCUT2D eigenvalue weighted by Gasteiger charge is -2.37. The first kappa shape index (κ1) is 12.0. The third-order valence-corrected chi connectivity index (χ3v) is 4.30. The highest BCUT2D eigenvalue weighted by Gasteiger charge is 2.24. The zero-order valence-corrected chi connectivity index (χ0v) is 11.0. The van der Waals surface area contributed by atoms with E-state index in [1.54, 1.807) is 11.3 Å². The maximum Gasteiger partial charge on any atom is 0.0897 e. The standard InChI is InChI=1S/C12H21N3S/c1-9-3-4-11(5-13)6-15(9)7-12-8-16-10(2)14-12/h8-9,11H,3-7,13H2,1-2H3. The zero-order chi connectivity index (χ0) is 11.5. The molecular weight excluding hydrogens is 218 g/mol.